The van der Waals surface area contributed by atoms with Crippen LogP contribution in [0.15, 0.2) is 24.8 Å². The lowest BCUT2D eigenvalue weighted by Crippen LogP contribution is -2.06. The molecular formula is C10H12ClNO. The van der Waals surface area contributed by atoms with Crippen molar-refractivity contribution in [1.82, 2.24) is 0 Å². The summed E-state index contributed by atoms with van der Waals surface area (Å²) in [5, 5.41) is 10.0. The van der Waals surface area contributed by atoms with Gasteiger partial charge >= 0.3 is 0 Å². The lowest BCUT2D eigenvalue weighted by atomic mass is 10.0. The third-order valence-corrected chi connectivity index (χ3v) is 2.33. The Balaban J connectivity index is 3.22. The van der Waals surface area contributed by atoms with E-state index in [0.29, 0.717) is 10.6 Å². The predicted octanol–water partition coefficient (Wildman–Crippen LogP) is 2.54. The number of phenols is 1. The molecule has 0 amide bonds. The first-order valence-electron chi connectivity index (χ1n) is 3.93. The molecule has 0 aliphatic rings. The van der Waals surface area contributed by atoms with Crippen molar-refractivity contribution >= 4 is 11.6 Å². The zero-order valence-electron chi connectivity index (χ0n) is 7.42. The van der Waals surface area contributed by atoms with Crippen LogP contribution in [-0.2, 0) is 0 Å². The average molecular weight is 198 g/mol. The van der Waals surface area contributed by atoms with Crippen LogP contribution in [0.4, 0.5) is 0 Å². The fraction of sp³-hybridized carbons (Fsp3) is 0.200. The first-order chi connectivity index (χ1) is 6.06. The van der Waals surface area contributed by atoms with Gasteiger partial charge in [-0.3, -0.25) is 0 Å². The van der Waals surface area contributed by atoms with Gasteiger partial charge in [0.25, 0.3) is 0 Å². The first-order valence-corrected chi connectivity index (χ1v) is 4.31. The Morgan fingerprint density at radius 1 is 1.62 bits per heavy atom. The van der Waals surface area contributed by atoms with Gasteiger partial charge in [0.05, 0.1) is 6.04 Å². The van der Waals surface area contributed by atoms with Crippen LogP contribution in [0, 0.1) is 6.92 Å². The van der Waals surface area contributed by atoms with Crippen LogP contribution < -0.4 is 5.73 Å². The van der Waals surface area contributed by atoms with Crippen LogP contribution in [0.3, 0.4) is 0 Å². The van der Waals surface area contributed by atoms with Gasteiger partial charge in [0.2, 0.25) is 0 Å². The molecule has 0 fully saturated rings. The molecule has 0 aromatic heterocycles. The van der Waals surface area contributed by atoms with E-state index in [1.54, 1.807) is 12.1 Å². The topological polar surface area (TPSA) is 46.2 Å². The van der Waals surface area contributed by atoms with Gasteiger partial charge in [0.15, 0.2) is 0 Å². The van der Waals surface area contributed by atoms with E-state index in [0.717, 1.165) is 5.56 Å². The van der Waals surface area contributed by atoms with Gasteiger partial charge in [0, 0.05) is 10.6 Å². The molecule has 0 unspecified atom stereocenters. The summed E-state index contributed by atoms with van der Waals surface area (Å²) in [6, 6.07) is 2.91. The van der Waals surface area contributed by atoms with Gasteiger partial charge in [0.1, 0.15) is 5.75 Å². The largest absolute Gasteiger partial charge is 0.508 e. The van der Waals surface area contributed by atoms with Crippen molar-refractivity contribution in [3.8, 4) is 5.75 Å². The lowest BCUT2D eigenvalue weighted by molar-refractivity contribution is 0.466. The molecule has 0 radical (unpaired) electrons. The first kappa shape index (κ1) is 10.1. The van der Waals surface area contributed by atoms with Crippen molar-refractivity contribution < 1.29 is 5.11 Å². The minimum Gasteiger partial charge on any atom is -0.508 e. The van der Waals surface area contributed by atoms with E-state index in [4.69, 9.17) is 17.3 Å². The Morgan fingerprint density at radius 2 is 2.23 bits per heavy atom. The molecule has 2 nitrogen and oxygen atoms in total. The van der Waals surface area contributed by atoms with Crippen molar-refractivity contribution in [2.24, 2.45) is 5.73 Å². The summed E-state index contributed by atoms with van der Waals surface area (Å²) in [6.45, 7) is 5.42. The number of hydrogen-bond donors (Lipinski definition) is 2. The van der Waals surface area contributed by atoms with E-state index in [1.807, 2.05) is 6.92 Å². The number of aromatic hydroxyl groups is 1. The third kappa shape index (κ3) is 2.02. The number of benzene rings is 1. The van der Waals surface area contributed by atoms with E-state index in [9.17, 15) is 5.11 Å². The van der Waals surface area contributed by atoms with Crippen LogP contribution in [-0.4, -0.2) is 5.11 Å². The number of halogens is 1. The molecule has 1 rings (SSSR count). The zero-order valence-corrected chi connectivity index (χ0v) is 8.17. The van der Waals surface area contributed by atoms with Crippen molar-refractivity contribution in [2.75, 3.05) is 0 Å². The van der Waals surface area contributed by atoms with Gasteiger partial charge in [-0.25, -0.2) is 0 Å². The normalized spacial score (nSPS) is 12.5. The van der Waals surface area contributed by atoms with Crippen molar-refractivity contribution in [1.29, 1.82) is 0 Å². The zero-order chi connectivity index (χ0) is 10.0. The number of phenolic OH excluding ortho intramolecular Hbond substituents is 1. The van der Waals surface area contributed by atoms with Crippen LogP contribution in [0.25, 0.3) is 0 Å². The second kappa shape index (κ2) is 3.81. The molecule has 1 atom stereocenters. The smallest absolute Gasteiger partial charge is 0.122 e. The van der Waals surface area contributed by atoms with Crippen LogP contribution in [0.2, 0.25) is 5.02 Å². The predicted molar refractivity (Wildman–Crippen MR) is 55.0 cm³/mol. The van der Waals surface area contributed by atoms with Crippen molar-refractivity contribution in [2.45, 2.75) is 13.0 Å². The molecule has 0 spiro atoms. The molecule has 0 heterocycles. The lowest BCUT2D eigenvalue weighted by Gasteiger charge is -2.10. The van der Waals surface area contributed by atoms with E-state index in [2.05, 4.69) is 6.58 Å². The summed E-state index contributed by atoms with van der Waals surface area (Å²) in [4.78, 5) is 0. The number of rotatable bonds is 2. The molecule has 0 saturated carbocycles. The maximum absolute atomic E-state index is 9.51. The van der Waals surface area contributed by atoms with Gasteiger partial charge in [-0.15, -0.1) is 6.58 Å². The monoisotopic (exact) mass is 197 g/mol. The molecule has 0 saturated heterocycles. The molecule has 1 aromatic rings. The molecule has 0 bridgehead atoms. The minimum atomic E-state index is -0.351. The molecule has 0 aliphatic carbocycles. The maximum atomic E-state index is 9.51. The van der Waals surface area contributed by atoms with Crippen molar-refractivity contribution in [3.05, 3.63) is 40.9 Å². The highest BCUT2D eigenvalue weighted by Gasteiger charge is 2.09. The van der Waals surface area contributed by atoms with Crippen LogP contribution in [0.1, 0.15) is 17.2 Å². The molecular weight excluding hydrogens is 186 g/mol. The number of aryl methyl sites for hydroxylation is 1. The number of nitrogens with two attached hydrogens (primary N) is 1. The maximum Gasteiger partial charge on any atom is 0.122 e. The van der Waals surface area contributed by atoms with E-state index in [-0.39, 0.29) is 11.8 Å². The standard InChI is InChI=1S/C10H12ClNO/c1-3-9(12)7-4-6(2)8(11)5-10(7)13/h3-5,9,13H,1,12H2,2H3/t9-/m0/s1. The molecule has 3 heteroatoms. The summed E-state index contributed by atoms with van der Waals surface area (Å²) < 4.78 is 0. The summed E-state index contributed by atoms with van der Waals surface area (Å²) >= 11 is 5.81. The van der Waals surface area contributed by atoms with Gasteiger partial charge < -0.3 is 10.8 Å². The Morgan fingerprint density at radius 3 is 2.77 bits per heavy atom. The van der Waals surface area contributed by atoms with Crippen LogP contribution in [0.5, 0.6) is 5.75 Å². The van der Waals surface area contributed by atoms with Gasteiger partial charge in [-0.2, -0.15) is 0 Å². The van der Waals surface area contributed by atoms with Gasteiger partial charge in [-0.05, 0) is 24.6 Å². The molecule has 70 valence electrons. The third-order valence-electron chi connectivity index (χ3n) is 1.92. The summed E-state index contributed by atoms with van der Waals surface area (Å²) in [5.41, 5.74) is 7.24. The van der Waals surface area contributed by atoms with E-state index >= 15 is 0 Å². The summed E-state index contributed by atoms with van der Waals surface area (Å²) in [5.74, 6) is 0.114. The highest BCUT2D eigenvalue weighted by molar-refractivity contribution is 6.31. The Kier molecular flexibility index (Phi) is 2.96. The molecule has 13 heavy (non-hydrogen) atoms. The van der Waals surface area contributed by atoms with E-state index < -0.39 is 0 Å². The van der Waals surface area contributed by atoms with Crippen LogP contribution >= 0.6 is 11.6 Å². The van der Waals surface area contributed by atoms with E-state index in [1.165, 1.54) is 6.07 Å². The molecule has 1 aromatic carbocycles. The number of hydrogen-bond acceptors (Lipinski definition) is 2. The second-order valence-corrected chi connectivity index (χ2v) is 3.33. The van der Waals surface area contributed by atoms with Crippen molar-refractivity contribution in [3.63, 3.8) is 0 Å². The minimum absolute atomic E-state index is 0.114. The van der Waals surface area contributed by atoms with Gasteiger partial charge in [-0.1, -0.05) is 17.7 Å². The quantitative estimate of drug-likeness (QED) is 0.716. The summed E-state index contributed by atoms with van der Waals surface area (Å²) in [6.07, 6.45) is 1.57. The second-order valence-electron chi connectivity index (χ2n) is 2.92. The highest BCUT2D eigenvalue weighted by atomic mass is 35.5. The Hall–Kier alpha value is -0.990. The molecule has 0 aliphatic heterocycles. The molecule has 3 N–H and O–H groups in total. The fourth-order valence-electron chi connectivity index (χ4n) is 1.09. The SMILES string of the molecule is C=C[C@H](N)c1cc(C)c(Cl)cc1O. The Labute approximate surface area is 82.6 Å². The fourth-order valence-corrected chi connectivity index (χ4v) is 1.25. The Bertz CT molecular complexity index is 336. The average Bonchev–Trinajstić information content (AvgIpc) is 2.10. The summed E-state index contributed by atoms with van der Waals surface area (Å²) in [7, 11) is 0. The highest BCUT2D eigenvalue weighted by Crippen LogP contribution is 2.29.